The first-order valence-electron chi connectivity index (χ1n) is 5.62. The molecule has 0 amide bonds. The predicted molar refractivity (Wildman–Crippen MR) is 63.7 cm³/mol. The lowest BCUT2D eigenvalue weighted by Crippen LogP contribution is -2.57. The minimum absolute atomic E-state index is 0.212. The van der Waals surface area contributed by atoms with Gasteiger partial charge in [-0.25, -0.2) is 8.42 Å². The van der Waals surface area contributed by atoms with Gasteiger partial charge in [-0.2, -0.15) is 4.31 Å². The molecule has 1 heterocycles. The number of hydrogen-bond acceptors (Lipinski definition) is 4. The van der Waals surface area contributed by atoms with Gasteiger partial charge >= 0.3 is 0 Å². The first kappa shape index (κ1) is 13.9. The van der Waals surface area contributed by atoms with Gasteiger partial charge in [-0.05, 0) is 27.8 Å². The molecule has 1 fully saturated rings. The fourth-order valence-corrected chi connectivity index (χ4v) is 3.46. The fraction of sp³-hybridized carbons (Fsp3) is 1.00. The van der Waals surface area contributed by atoms with E-state index in [1.807, 2.05) is 20.9 Å². The van der Waals surface area contributed by atoms with E-state index in [0.29, 0.717) is 13.1 Å². The van der Waals surface area contributed by atoms with Crippen LogP contribution in [0.5, 0.6) is 0 Å². The van der Waals surface area contributed by atoms with Crippen LogP contribution in [0.4, 0.5) is 0 Å². The Labute approximate surface area is 98.1 Å². The molecule has 0 spiro atoms. The molecule has 0 bridgehead atoms. The second-order valence-electron chi connectivity index (χ2n) is 4.72. The molecule has 3 unspecified atom stereocenters. The van der Waals surface area contributed by atoms with E-state index >= 15 is 0 Å². The molecule has 0 aromatic carbocycles. The monoisotopic (exact) mass is 250 g/mol. The van der Waals surface area contributed by atoms with E-state index in [4.69, 9.17) is 5.11 Å². The second kappa shape index (κ2) is 5.00. The van der Waals surface area contributed by atoms with Crippen LogP contribution in [0, 0.1) is 0 Å². The first-order chi connectivity index (χ1) is 7.30. The lowest BCUT2D eigenvalue weighted by atomic mass is 10.1. The molecule has 1 saturated heterocycles. The van der Waals surface area contributed by atoms with Crippen molar-refractivity contribution in [3.05, 3.63) is 0 Å². The molecule has 5 nitrogen and oxygen atoms in total. The minimum atomic E-state index is -3.34. The number of nitrogens with zero attached hydrogens (tertiary/aromatic N) is 2. The molecule has 0 aromatic rings. The average Bonchev–Trinajstić information content (AvgIpc) is 2.23. The fourth-order valence-electron chi connectivity index (χ4n) is 1.91. The van der Waals surface area contributed by atoms with Gasteiger partial charge in [0.05, 0.1) is 11.9 Å². The molecule has 96 valence electrons. The van der Waals surface area contributed by atoms with Crippen LogP contribution < -0.4 is 0 Å². The standard InChI is InChI=1S/C10H22N2O3S/c1-8-5-12(6-9(2)11(8)4)16(14,15)10(3)7-13/h8-10,13H,5-7H2,1-4H3. The maximum Gasteiger partial charge on any atom is 0.219 e. The summed E-state index contributed by atoms with van der Waals surface area (Å²) in [6.45, 7) is 6.27. The Hall–Kier alpha value is -0.170. The second-order valence-corrected chi connectivity index (χ2v) is 7.07. The summed E-state index contributed by atoms with van der Waals surface area (Å²) in [5.74, 6) is 0. The van der Waals surface area contributed by atoms with Crippen molar-refractivity contribution in [1.29, 1.82) is 0 Å². The number of piperazine rings is 1. The maximum atomic E-state index is 12.1. The number of likely N-dealkylation sites (N-methyl/N-ethyl adjacent to an activating group) is 1. The van der Waals surface area contributed by atoms with E-state index < -0.39 is 15.3 Å². The topological polar surface area (TPSA) is 60.9 Å². The highest BCUT2D eigenvalue weighted by Gasteiger charge is 2.35. The number of aliphatic hydroxyl groups excluding tert-OH is 1. The SMILES string of the molecule is CC1CN(S(=O)(=O)C(C)CO)CC(C)N1C. The summed E-state index contributed by atoms with van der Waals surface area (Å²) in [6, 6.07) is 0.425. The highest BCUT2D eigenvalue weighted by molar-refractivity contribution is 7.89. The molecule has 1 aliphatic heterocycles. The van der Waals surface area contributed by atoms with Crippen molar-refractivity contribution in [2.24, 2.45) is 0 Å². The molecule has 1 N–H and O–H groups in total. The van der Waals surface area contributed by atoms with Crippen LogP contribution in [-0.4, -0.2) is 66.8 Å². The van der Waals surface area contributed by atoms with E-state index in [2.05, 4.69) is 4.90 Å². The van der Waals surface area contributed by atoms with Gasteiger partial charge in [0.1, 0.15) is 0 Å². The molecule has 3 atom stereocenters. The van der Waals surface area contributed by atoms with Gasteiger partial charge in [0.2, 0.25) is 10.0 Å². The van der Waals surface area contributed by atoms with Crippen molar-refractivity contribution in [1.82, 2.24) is 9.21 Å². The molecule has 6 heteroatoms. The van der Waals surface area contributed by atoms with Gasteiger partial charge in [0.15, 0.2) is 0 Å². The zero-order valence-corrected chi connectivity index (χ0v) is 11.2. The zero-order valence-electron chi connectivity index (χ0n) is 10.4. The third-order valence-corrected chi connectivity index (χ3v) is 5.64. The van der Waals surface area contributed by atoms with Crippen molar-refractivity contribution in [3.8, 4) is 0 Å². The summed E-state index contributed by atoms with van der Waals surface area (Å²) < 4.78 is 25.6. The van der Waals surface area contributed by atoms with Crippen molar-refractivity contribution in [3.63, 3.8) is 0 Å². The van der Waals surface area contributed by atoms with Gasteiger partial charge < -0.3 is 5.11 Å². The molecule has 0 aromatic heterocycles. The molecule has 0 saturated carbocycles. The predicted octanol–water partition coefficient (Wildman–Crippen LogP) is -0.279. The lowest BCUT2D eigenvalue weighted by molar-refractivity contribution is 0.104. The van der Waals surface area contributed by atoms with Gasteiger partial charge in [0, 0.05) is 25.2 Å². The van der Waals surface area contributed by atoms with E-state index in [0.717, 1.165) is 0 Å². The number of aliphatic hydroxyl groups is 1. The summed E-state index contributed by atoms with van der Waals surface area (Å²) in [7, 11) is -1.34. The Balaban J connectivity index is 2.83. The number of hydrogen-bond donors (Lipinski definition) is 1. The summed E-state index contributed by atoms with van der Waals surface area (Å²) in [6.07, 6.45) is 0. The summed E-state index contributed by atoms with van der Waals surface area (Å²) in [5, 5.41) is 8.26. The summed E-state index contributed by atoms with van der Waals surface area (Å²) in [4.78, 5) is 2.18. The van der Waals surface area contributed by atoms with Crippen LogP contribution in [0.2, 0.25) is 0 Å². The van der Waals surface area contributed by atoms with Crippen molar-refractivity contribution < 1.29 is 13.5 Å². The largest absolute Gasteiger partial charge is 0.395 e. The highest BCUT2D eigenvalue weighted by Crippen LogP contribution is 2.18. The van der Waals surface area contributed by atoms with Crippen LogP contribution in [0.25, 0.3) is 0 Å². The third kappa shape index (κ3) is 2.56. The van der Waals surface area contributed by atoms with Crippen LogP contribution in [0.1, 0.15) is 20.8 Å². The molecule has 1 rings (SSSR count). The Bertz CT molecular complexity index is 319. The van der Waals surface area contributed by atoms with Gasteiger partial charge in [0.25, 0.3) is 0 Å². The number of sulfonamides is 1. The highest BCUT2D eigenvalue weighted by atomic mass is 32.2. The van der Waals surface area contributed by atoms with E-state index in [1.165, 1.54) is 4.31 Å². The summed E-state index contributed by atoms with van der Waals surface area (Å²) in [5.41, 5.74) is 0. The van der Waals surface area contributed by atoms with Crippen molar-refractivity contribution >= 4 is 10.0 Å². The Kier molecular flexibility index (Phi) is 4.34. The Morgan fingerprint density at radius 3 is 2.12 bits per heavy atom. The first-order valence-corrected chi connectivity index (χ1v) is 7.12. The summed E-state index contributed by atoms with van der Waals surface area (Å²) >= 11 is 0. The molecular formula is C10H22N2O3S. The van der Waals surface area contributed by atoms with Crippen LogP contribution >= 0.6 is 0 Å². The maximum absolute atomic E-state index is 12.1. The minimum Gasteiger partial charge on any atom is -0.395 e. The molecule has 0 radical (unpaired) electrons. The van der Waals surface area contributed by atoms with E-state index in [9.17, 15) is 8.42 Å². The molecule has 0 aliphatic carbocycles. The molecule has 16 heavy (non-hydrogen) atoms. The Morgan fingerprint density at radius 2 is 1.75 bits per heavy atom. The molecule has 1 aliphatic rings. The molecular weight excluding hydrogens is 228 g/mol. The van der Waals surface area contributed by atoms with Gasteiger partial charge in [-0.1, -0.05) is 0 Å². The van der Waals surface area contributed by atoms with Crippen LogP contribution in [-0.2, 0) is 10.0 Å². The number of rotatable bonds is 3. The zero-order chi connectivity index (χ0) is 12.5. The smallest absolute Gasteiger partial charge is 0.219 e. The van der Waals surface area contributed by atoms with Crippen LogP contribution in [0.3, 0.4) is 0 Å². The van der Waals surface area contributed by atoms with Gasteiger partial charge in [-0.15, -0.1) is 0 Å². The Morgan fingerprint density at radius 1 is 1.31 bits per heavy atom. The van der Waals surface area contributed by atoms with Gasteiger partial charge in [-0.3, -0.25) is 4.90 Å². The normalized spacial score (nSPS) is 31.6. The third-order valence-electron chi connectivity index (χ3n) is 3.45. The van der Waals surface area contributed by atoms with E-state index in [-0.39, 0.29) is 18.7 Å². The quantitative estimate of drug-likeness (QED) is 0.748. The van der Waals surface area contributed by atoms with E-state index in [1.54, 1.807) is 6.92 Å². The lowest BCUT2D eigenvalue weighted by Gasteiger charge is -2.42. The average molecular weight is 250 g/mol. The van der Waals surface area contributed by atoms with Crippen LogP contribution in [0.15, 0.2) is 0 Å². The van der Waals surface area contributed by atoms with Crippen molar-refractivity contribution in [2.75, 3.05) is 26.7 Å². The van der Waals surface area contributed by atoms with Crippen molar-refractivity contribution in [2.45, 2.75) is 38.1 Å².